The summed E-state index contributed by atoms with van der Waals surface area (Å²) in [4.78, 5) is 29.8. The number of nitrogens with two attached hydrogens (primary N) is 1. The second-order valence-electron chi connectivity index (χ2n) is 9.78. The van der Waals surface area contributed by atoms with Crippen LogP contribution in [0.4, 0.5) is 38.3 Å². The highest BCUT2D eigenvalue weighted by Crippen LogP contribution is 2.35. The third-order valence-electron chi connectivity index (χ3n) is 6.11. The van der Waals surface area contributed by atoms with Crippen molar-refractivity contribution in [2.45, 2.75) is 70.4 Å². The van der Waals surface area contributed by atoms with Crippen LogP contribution in [0.3, 0.4) is 0 Å². The summed E-state index contributed by atoms with van der Waals surface area (Å²) in [5, 5.41) is 2.81. The number of amides is 2. The van der Waals surface area contributed by atoms with Gasteiger partial charge >= 0.3 is 12.5 Å². The summed E-state index contributed by atoms with van der Waals surface area (Å²) in [5.74, 6) is -4.16. The third-order valence-corrected chi connectivity index (χ3v) is 6.11. The Kier molecular flexibility index (Phi) is 8.37. The maximum absolute atomic E-state index is 14.4. The SMILES string of the molecule is Cc1ccc(Nc2cc(OC(F)(F)F)ccn2)cc1C(=O)N1CC(F)(F)CC[C@H]1CCC(C)(C)OC(N)=O. The van der Waals surface area contributed by atoms with Gasteiger partial charge in [0.1, 0.15) is 17.2 Å². The number of alkyl halides is 5. The number of pyridine rings is 1. The van der Waals surface area contributed by atoms with Gasteiger partial charge in [-0.1, -0.05) is 6.07 Å². The molecule has 3 N–H and O–H groups in total. The van der Waals surface area contributed by atoms with Crippen molar-refractivity contribution in [3.63, 3.8) is 0 Å². The zero-order valence-electron chi connectivity index (χ0n) is 21.1. The summed E-state index contributed by atoms with van der Waals surface area (Å²) in [6.07, 6.45) is -4.46. The Morgan fingerprint density at radius 3 is 2.58 bits per heavy atom. The molecule has 1 atom stereocenters. The molecule has 2 heterocycles. The summed E-state index contributed by atoms with van der Waals surface area (Å²) >= 11 is 0. The third kappa shape index (κ3) is 8.18. The van der Waals surface area contributed by atoms with Gasteiger partial charge in [-0.05, 0) is 63.8 Å². The largest absolute Gasteiger partial charge is 0.573 e. The van der Waals surface area contributed by atoms with E-state index >= 15 is 0 Å². The molecule has 2 aromatic rings. The number of aryl methyl sites for hydroxylation is 1. The van der Waals surface area contributed by atoms with Crippen molar-refractivity contribution in [3.05, 3.63) is 47.7 Å². The van der Waals surface area contributed by atoms with Crippen molar-refractivity contribution in [1.29, 1.82) is 0 Å². The fourth-order valence-corrected chi connectivity index (χ4v) is 4.28. The van der Waals surface area contributed by atoms with Gasteiger partial charge in [0.25, 0.3) is 11.8 Å². The molecule has 0 bridgehead atoms. The predicted octanol–water partition coefficient (Wildman–Crippen LogP) is 5.93. The van der Waals surface area contributed by atoms with Gasteiger partial charge in [0.15, 0.2) is 0 Å². The predicted molar refractivity (Wildman–Crippen MR) is 128 cm³/mol. The highest BCUT2D eigenvalue weighted by Gasteiger charge is 2.43. The number of hydrogen-bond donors (Lipinski definition) is 2. The maximum Gasteiger partial charge on any atom is 0.573 e. The molecule has 0 spiro atoms. The molecule has 0 unspecified atom stereocenters. The molecular formula is C25H29F5N4O4. The van der Waals surface area contributed by atoms with Crippen LogP contribution in [-0.2, 0) is 4.74 Å². The second kappa shape index (κ2) is 11.0. The lowest BCUT2D eigenvalue weighted by molar-refractivity contribution is -0.274. The molecule has 3 rings (SSSR count). The second-order valence-corrected chi connectivity index (χ2v) is 9.78. The standard InChI is InChI=1S/C25H29F5N4O4/c1-15-4-5-16(33-20-13-18(8-11-32-20)37-25(28,29)30)12-19(15)21(35)34-14-24(26,27)10-7-17(34)6-9-23(2,3)38-22(31)36/h4-5,8,11-13,17H,6-7,9-10,14H2,1-3H3,(H2,31,36)(H,32,33)/t17-/m1/s1. The molecule has 1 aromatic heterocycles. The van der Waals surface area contributed by atoms with Crippen LogP contribution in [0, 0.1) is 6.92 Å². The Hall–Kier alpha value is -3.64. The quantitative estimate of drug-likeness (QED) is 0.399. The number of primary amides is 1. The van der Waals surface area contributed by atoms with Crippen LogP contribution in [0.5, 0.6) is 5.75 Å². The molecule has 0 saturated carbocycles. The Morgan fingerprint density at radius 1 is 1.21 bits per heavy atom. The van der Waals surface area contributed by atoms with Gasteiger partial charge in [-0.3, -0.25) is 4.79 Å². The van der Waals surface area contributed by atoms with Crippen molar-refractivity contribution in [1.82, 2.24) is 9.88 Å². The number of hydrogen-bond acceptors (Lipinski definition) is 6. The summed E-state index contributed by atoms with van der Waals surface area (Å²) in [7, 11) is 0. The summed E-state index contributed by atoms with van der Waals surface area (Å²) in [5.41, 5.74) is 5.14. The van der Waals surface area contributed by atoms with Crippen molar-refractivity contribution in [2.24, 2.45) is 5.73 Å². The Bertz CT molecular complexity index is 1170. The first-order valence-electron chi connectivity index (χ1n) is 11.8. The van der Waals surface area contributed by atoms with Gasteiger partial charge in [-0.15, -0.1) is 13.2 Å². The molecule has 1 fully saturated rings. The van der Waals surface area contributed by atoms with Crippen molar-refractivity contribution < 1.29 is 41.0 Å². The monoisotopic (exact) mass is 544 g/mol. The first-order valence-corrected chi connectivity index (χ1v) is 11.8. The first-order chi connectivity index (χ1) is 17.5. The molecule has 8 nitrogen and oxygen atoms in total. The van der Waals surface area contributed by atoms with Gasteiger partial charge in [-0.25, -0.2) is 18.6 Å². The van der Waals surface area contributed by atoms with Crippen molar-refractivity contribution >= 4 is 23.5 Å². The number of nitrogens with one attached hydrogen (secondary N) is 1. The lowest BCUT2D eigenvalue weighted by Crippen LogP contribution is -2.52. The van der Waals surface area contributed by atoms with Gasteiger partial charge in [0.05, 0.1) is 6.54 Å². The molecule has 0 aliphatic carbocycles. The molecule has 38 heavy (non-hydrogen) atoms. The van der Waals surface area contributed by atoms with Crippen LogP contribution in [0.2, 0.25) is 0 Å². The van der Waals surface area contributed by atoms with Gasteiger partial charge in [0, 0.05) is 36.0 Å². The number of carbonyl (C=O) groups excluding carboxylic acids is 2. The molecule has 208 valence electrons. The lowest BCUT2D eigenvalue weighted by Gasteiger charge is -2.41. The molecule has 1 aromatic carbocycles. The van der Waals surface area contributed by atoms with E-state index in [0.717, 1.165) is 23.2 Å². The number of halogens is 5. The van der Waals surface area contributed by atoms with E-state index in [4.69, 9.17) is 10.5 Å². The number of ether oxygens (including phenoxy) is 2. The zero-order valence-corrected chi connectivity index (χ0v) is 21.1. The molecule has 0 radical (unpaired) electrons. The van der Waals surface area contributed by atoms with Crippen LogP contribution in [0.15, 0.2) is 36.5 Å². The van der Waals surface area contributed by atoms with E-state index in [1.165, 1.54) is 6.07 Å². The van der Waals surface area contributed by atoms with E-state index in [1.54, 1.807) is 32.9 Å². The minimum absolute atomic E-state index is 0.0214. The smallest absolute Gasteiger partial charge is 0.444 e. The van der Waals surface area contributed by atoms with E-state index < -0.39 is 48.2 Å². The topological polar surface area (TPSA) is 107 Å². The maximum atomic E-state index is 14.4. The summed E-state index contributed by atoms with van der Waals surface area (Å²) in [6, 6.07) is 6.14. The number of aromatic nitrogens is 1. The Balaban J connectivity index is 1.82. The van der Waals surface area contributed by atoms with E-state index in [9.17, 15) is 31.5 Å². The van der Waals surface area contributed by atoms with Gasteiger partial charge in [-0.2, -0.15) is 0 Å². The molecule has 1 aliphatic heterocycles. The van der Waals surface area contributed by atoms with Crippen molar-refractivity contribution in [2.75, 3.05) is 11.9 Å². The summed E-state index contributed by atoms with van der Waals surface area (Å²) < 4.78 is 75.3. The molecule has 13 heteroatoms. The average Bonchev–Trinajstić information content (AvgIpc) is 2.77. The average molecular weight is 545 g/mol. The van der Waals surface area contributed by atoms with Crippen LogP contribution in [-0.4, -0.2) is 52.4 Å². The highest BCUT2D eigenvalue weighted by atomic mass is 19.4. The molecule has 1 aliphatic rings. The highest BCUT2D eigenvalue weighted by molar-refractivity contribution is 5.97. The van der Waals surface area contributed by atoms with E-state index in [1.807, 2.05) is 0 Å². The van der Waals surface area contributed by atoms with Crippen LogP contribution >= 0.6 is 0 Å². The normalized spacial score (nSPS) is 17.6. The number of rotatable bonds is 8. The van der Waals surface area contributed by atoms with Crippen molar-refractivity contribution in [3.8, 4) is 5.75 Å². The number of nitrogens with zero attached hydrogens (tertiary/aromatic N) is 2. The minimum atomic E-state index is -4.88. The van der Waals surface area contributed by atoms with E-state index in [0.29, 0.717) is 24.1 Å². The van der Waals surface area contributed by atoms with Crippen LogP contribution in [0.25, 0.3) is 0 Å². The van der Waals surface area contributed by atoms with Gasteiger partial charge < -0.3 is 25.4 Å². The van der Waals surface area contributed by atoms with E-state index in [2.05, 4.69) is 15.0 Å². The number of piperidine rings is 1. The number of anilines is 2. The summed E-state index contributed by atoms with van der Waals surface area (Å²) in [6.45, 7) is 4.16. The fourth-order valence-electron chi connectivity index (χ4n) is 4.28. The minimum Gasteiger partial charge on any atom is -0.444 e. The lowest BCUT2D eigenvalue weighted by atomic mass is 9.90. The molecular weight excluding hydrogens is 515 g/mol. The first kappa shape index (κ1) is 28.9. The molecule has 2 amide bonds. The van der Waals surface area contributed by atoms with Crippen LogP contribution in [0.1, 0.15) is 55.5 Å². The zero-order chi connectivity index (χ0) is 28.3. The fraction of sp³-hybridized carbons (Fsp3) is 0.480. The molecule has 1 saturated heterocycles. The number of benzene rings is 1. The van der Waals surface area contributed by atoms with E-state index in [-0.39, 0.29) is 24.2 Å². The number of carbonyl (C=O) groups is 2. The number of likely N-dealkylation sites (tertiary alicyclic amines) is 1. The Morgan fingerprint density at radius 2 is 1.92 bits per heavy atom. The van der Waals surface area contributed by atoms with Gasteiger partial charge in [0.2, 0.25) is 0 Å². The van der Waals surface area contributed by atoms with Crippen LogP contribution < -0.4 is 15.8 Å². The Labute approximate surface area is 216 Å².